The second kappa shape index (κ2) is 14.6. The molecule has 0 atom stereocenters. The number of rotatable bonds is 12. The van der Waals surface area contributed by atoms with E-state index in [1.165, 1.54) is 14.2 Å². The van der Waals surface area contributed by atoms with Crippen molar-refractivity contribution in [2.75, 3.05) is 53.7 Å². The maximum Gasteiger partial charge on any atom is 0.331 e. The molecular weight excluding hydrogens is 350 g/mol. The fourth-order valence-electron chi connectivity index (χ4n) is 1.53. The SMILES string of the molecule is COC(=O)/C=C/C(=O)OCCN(CCO)CCOC(=O)/C=C/C(=O)OC. The Labute approximate surface area is 150 Å². The summed E-state index contributed by atoms with van der Waals surface area (Å²) in [7, 11) is 2.37. The van der Waals surface area contributed by atoms with Gasteiger partial charge >= 0.3 is 23.9 Å². The third-order valence-electron chi connectivity index (χ3n) is 2.83. The lowest BCUT2D eigenvalue weighted by molar-refractivity contribution is -0.140. The number of methoxy groups -OCH3 is 2. The van der Waals surface area contributed by atoms with E-state index in [0.717, 1.165) is 24.3 Å². The number of esters is 4. The lowest BCUT2D eigenvalue weighted by atomic mass is 10.4. The van der Waals surface area contributed by atoms with Crippen molar-refractivity contribution in [2.24, 2.45) is 0 Å². The second-order valence-electron chi connectivity index (χ2n) is 4.61. The minimum Gasteiger partial charge on any atom is -0.466 e. The molecule has 0 bridgehead atoms. The van der Waals surface area contributed by atoms with E-state index in [0.29, 0.717) is 0 Å². The van der Waals surface area contributed by atoms with Gasteiger partial charge in [0.1, 0.15) is 13.2 Å². The van der Waals surface area contributed by atoms with Crippen molar-refractivity contribution in [1.29, 1.82) is 0 Å². The molecule has 10 heteroatoms. The second-order valence-corrected chi connectivity index (χ2v) is 4.61. The van der Waals surface area contributed by atoms with Crippen molar-refractivity contribution < 1.29 is 43.2 Å². The van der Waals surface area contributed by atoms with Gasteiger partial charge in [-0.15, -0.1) is 0 Å². The highest BCUT2D eigenvalue weighted by molar-refractivity contribution is 5.92. The van der Waals surface area contributed by atoms with Crippen molar-refractivity contribution in [3.8, 4) is 0 Å². The van der Waals surface area contributed by atoms with Crippen LogP contribution in [0.1, 0.15) is 0 Å². The van der Waals surface area contributed by atoms with Crippen LogP contribution in [0.4, 0.5) is 0 Å². The van der Waals surface area contributed by atoms with Crippen LogP contribution in [0.5, 0.6) is 0 Å². The Balaban J connectivity index is 4.13. The summed E-state index contributed by atoms with van der Waals surface area (Å²) in [5.74, 6) is -2.77. The summed E-state index contributed by atoms with van der Waals surface area (Å²) < 4.78 is 18.5. The summed E-state index contributed by atoms with van der Waals surface area (Å²) in [6.07, 6.45) is 3.76. The normalized spacial score (nSPS) is 10.9. The number of aliphatic hydroxyl groups excluding tert-OH is 1. The summed E-state index contributed by atoms with van der Waals surface area (Å²) in [5, 5.41) is 9.02. The molecule has 0 saturated carbocycles. The monoisotopic (exact) mass is 373 g/mol. The van der Waals surface area contributed by atoms with E-state index in [9.17, 15) is 19.2 Å². The molecule has 0 spiro atoms. The first kappa shape index (κ1) is 23.3. The van der Waals surface area contributed by atoms with Crippen LogP contribution in [0.3, 0.4) is 0 Å². The molecule has 10 nitrogen and oxygen atoms in total. The van der Waals surface area contributed by atoms with E-state index in [1.54, 1.807) is 4.90 Å². The van der Waals surface area contributed by atoms with E-state index in [-0.39, 0.29) is 39.5 Å². The topological polar surface area (TPSA) is 129 Å². The highest BCUT2D eigenvalue weighted by Gasteiger charge is 2.08. The van der Waals surface area contributed by atoms with Crippen LogP contribution >= 0.6 is 0 Å². The summed E-state index contributed by atoms with van der Waals surface area (Å²) in [6, 6.07) is 0. The minimum atomic E-state index is -0.710. The first-order chi connectivity index (χ1) is 12.4. The Morgan fingerprint density at radius 2 is 1.12 bits per heavy atom. The fourth-order valence-corrected chi connectivity index (χ4v) is 1.53. The number of ether oxygens (including phenoxy) is 4. The molecule has 0 heterocycles. The zero-order chi connectivity index (χ0) is 19.8. The Bertz CT molecular complexity index is 484. The average Bonchev–Trinajstić information content (AvgIpc) is 2.63. The van der Waals surface area contributed by atoms with Gasteiger partial charge in [-0.25, -0.2) is 19.2 Å². The molecular formula is C16H23NO9. The maximum atomic E-state index is 11.4. The van der Waals surface area contributed by atoms with Gasteiger partial charge in [0, 0.05) is 43.9 Å². The third-order valence-corrected chi connectivity index (χ3v) is 2.83. The van der Waals surface area contributed by atoms with Gasteiger partial charge in [-0.1, -0.05) is 0 Å². The van der Waals surface area contributed by atoms with E-state index in [2.05, 4.69) is 9.47 Å². The van der Waals surface area contributed by atoms with E-state index < -0.39 is 23.9 Å². The van der Waals surface area contributed by atoms with Gasteiger partial charge in [-0.3, -0.25) is 4.90 Å². The molecule has 26 heavy (non-hydrogen) atoms. The largest absolute Gasteiger partial charge is 0.466 e. The average molecular weight is 373 g/mol. The van der Waals surface area contributed by atoms with Crippen LogP contribution in [0, 0.1) is 0 Å². The first-order valence-corrected chi connectivity index (χ1v) is 7.61. The van der Waals surface area contributed by atoms with Gasteiger partial charge in [-0.05, 0) is 0 Å². The number of carbonyl (C=O) groups excluding carboxylic acids is 4. The lowest BCUT2D eigenvalue weighted by Gasteiger charge is -2.20. The molecule has 0 fully saturated rings. The number of hydrogen-bond donors (Lipinski definition) is 1. The smallest absolute Gasteiger partial charge is 0.331 e. The molecule has 0 aromatic rings. The maximum absolute atomic E-state index is 11.4. The molecule has 0 aromatic carbocycles. The van der Waals surface area contributed by atoms with Gasteiger partial charge in [0.05, 0.1) is 20.8 Å². The summed E-state index contributed by atoms with van der Waals surface area (Å²) in [6.45, 7) is 0.750. The summed E-state index contributed by atoms with van der Waals surface area (Å²) >= 11 is 0. The van der Waals surface area contributed by atoms with Crippen molar-refractivity contribution in [3.63, 3.8) is 0 Å². The Hall–Kier alpha value is -2.72. The fraction of sp³-hybridized carbons (Fsp3) is 0.500. The number of nitrogens with zero attached hydrogens (tertiary/aromatic N) is 1. The molecule has 0 aliphatic heterocycles. The molecule has 1 N–H and O–H groups in total. The van der Waals surface area contributed by atoms with Gasteiger partial charge in [0.15, 0.2) is 0 Å². The molecule has 0 unspecified atom stereocenters. The molecule has 0 radical (unpaired) electrons. The Morgan fingerprint density at radius 3 is 1.46 bits per heavy atom. The number of carbonyl (C=O) groups is 4. The van der Waals surface area contributed by atoms with Gasteiger partial charge in [-0.2, -0.15) is 0 Å². The van der Waals surface area contributed by atoms with Crippen LogP contribution < -0.4 is 0 Å². The molecule has 0 rings (SSSR count). The van der Waals surface area contributed by atoms with Gasteiger partial charge in [0.2, 0.25) is 0 Å². The van der Waals surface area contributed by atoms with Crippen molar-refractivity contribution >= 4 is 23.9 Å². The number of hydrogen-bond acceptors (Lipinski definition) is 10. The van der Waals surface area contributed by atoms with Crippen molar-refractivity contribution in [3.05, 3.63) is 24.3 Å². The predicted molar refractivity (Wildman–Crippen MR) is 87.8 cm³/mol. The van der Waals surface area contributed by atoms with Gasteiger partial charge < -0.3 is 24.1 Å². The molecule has 0 amide bonds. The summed E-state index contributed by atoms with van der Waals surface area (Å²) in [4.78, 5) is 46.1. The molecule has 146 valence electrons. The summed E-state index contributed by atoms with van der Waals surface area (Å²) in [5.41, 5.74) is 0. The number of aliphatic hydroxyl groups is 1. The first-order valence-electron chi connectivity index (χ1n) is 7.61. The molecule has 0 aliphatic rings. The zero-order valence-electron chi connectivity index (χ0n) is 14.7. The highest BCUT2D eigenvalue weighted by Crippen LogP contribution is 1.92. The minimum absolute atomic E-state index is 0.0144. The Kier molecular flexibility index (Phi) is 13.1. The zero-order valence-corrected chi connectivity index (χ0v) is 14.7. The van der Waals surface area contributed by atoms with E-state index >= 15 is 0 Å². The van der Waals surface area contributed by atoms with Crippen LogP contribution in [0.25, 0.3) is 0 Å². The molecule has 0 saturated heterocycles. The molecule has 0 aliphatic carbocycles. The Morgan fingerprint density at radius 1 is 0.731 bits per heavy atom. The lowest BCUT2D eigenvalue weighted by Crippen LogP contribution is -2.34. The van der Waals surface area contributed by atoms with Crippen LogP contribution in [-0.2, 0) is 38.1 Å². The van der Waals surface area contributed by atoms with E-state index in [1.807, 2.05) is 0 Å². The van der Waals surface area contributed by atoms with E-state index in [4.69, 9.17) is 14.6 Å². The quantitative estimate of drug-likeness (QED) is 0.254. The van der Waals surface area contributed by atoms with Crippen LogP contribution in [0.2, 0.25) is 0 Å². The molecule has 0 aromatic heterocycles. The van der Waals surface area contributed by atoms with Crippen molar-refractivity contribution in [2.45, 2.75) is 0 Å². The van der Waals surface area contributed by atoms with Crippen molar-refractivity contribution in [1.82, 2.24) is 4.90 Å². The third kappa shape index (κ3) is 12.7. The van der Waals surface area contributed by atoms with Crippen LogP contribution in [-0.4, -0.2) is 87.6 Å². The predicted octanol–water partition coefficient (Wildman–Crippen LogP) is -1.17. The standard InChI is InChI=1S/C16H23NO9/c1-23-13(19)3-5-15(21)25-11-8-17(7-10-18)9-12-26-16(22)6-4-14(20)24-2/h3-6,18H,7-12H2,1-2H3/b5-3+,6-4+. The van der Waals surface area contributed by atoms with Gasteiger partial charge in [0.25, 0.3) is 0 Å². The van der Waals surface area contributed by atoms with Crippen LogP contribution in [0.15, 0.2) is 24.3 Å². The highest BCUT2D eigenvalue weighted by atomic mass is 16.5.